The van der Waals surface area contributed by atoms with Gasteiger partial charge in [-0.15, -0.1) is 0 Å². The Bertz CT molecular complexity index is 964. The first-order chi connectivity index (χ1) is 14.5. The van der Waals surface area contributed by atoms with Crippen LogP contribution in [0.25, 0.3) is 11.3 Å². The molecule has 2 aromatic rings. The number of carbonyl (C=O) groups is 3. The molecule has 1 aliphatic carbocycles. The lowest BCUT2D eigenvalue weighted by atomic mass is 9.98. The van der Waals surface area contributed by atoms with Crippen molar-refractivity contribution in [1.82, 2.24) is 20.7 Å². The van der Waals surface area contributed by atoms with E-state index in [0.717, 1.165) is 12.8 Å². The lowest BCUT2D eigenvalue weighted by molar-refractivity contribution is -0.131. The number of para-hydroxylation sites is 1. The van der Waals surface area contributed by atoms with Crippen molar-refractivity contribution in [1.29, 1.82) is 0 Å². The molecule has 1 saturated carbocycles. The van der Waals surface area contributed by atoms with Crippen molar-refractivity contribution in [3.63, 3.8) is 0 Å². The van der Waals surface area contributed by atoms with Gasteiger partial charge in [0.05, 0.1) is 12.7 Å². The first kappa shape index (κ1) is 19.9. The minimum Gasteiger partial charge on any atom is -0.496 e. The topological polar surface area (TPSA) is 114 Å². The van der Waals surface area contributed by atoms with Crippen LogP contribution in [0.2, 0.25) is 0 Å². The van der Waals surface area contributed by atoms with Gasteiger partial charge in [0.2, 0.25) is 0 Å². The summed E-state index contributed by atoms with van der Waals surface area (Å²) in [5.41, 5.74) is 0.150. The SMILES string of the molecule is COc1ccccc1-c1cc(C(=O)NCCCN2C(=O)NC3(CCCC3)C2=O)no1. The number of urea groups is 1. The maximum absolute atomic E-state index is 12.6. The standard InChI is InChI=1S/C21H24N4O5/c1-29-16-8-3-2-7-14(16)17-13-15(24-30-17)18(26)22-11-6-12-25-19(27)21(23-20(25)28)9-4-5-10-21/h2-3,7-8,13H,4-6,9-12H2,1H3,(H,22,26)(H,23,28). The highest BCUT2D eigenvalue weighted by atomic mass is 16.5. The molecule has 1 aromatic carbocycles. The lowest BCUT2D eigenvalue weighted by Crippen LogP contribution is -2.44. The molecule has 2 heterocycles. The van der Waals surface area contributed by atoms with Gasteiger partial charge < -0.3 is 19.9 Å². The van der Waals surface area contributed by atoms with E-state index in [2.05, 4.69) is 15.8 Å². The molecule has 1 aromatic heterocycles. The number of hydrogen-bond donors (Lipinski definition) is 2. The maximum atomic E-state index is 12.6. The van der Waals surface area contributed by atoms with Crippen LogP contribution in [0.4, 0.5) is 4.79 Å². The molecule has 2 aliphatic rings. The number of nitrogens with one attached hydrogen (secondary N) is 2. The van der Waals surface area contributed by atoms with Gasteiger partial charge in [0.15, 0.2) is 11.5 Å². The molecule has 0 radical (unpaired) electrons. The Kier molecular flexibility index (Phi) is 5.43. The highest BCUT2D eigenvalue weighted by molar-refractivity contribution is 6.07. The predicted octanol–water partition coefficient (Wildman–Crippen LogP) is 2.33. The fourth-order valence-electron chi connectivity index (χ4n) is 4.08. The van der Waals surface area contributed by atoms with Gasteiger partial charge in [-0.05, 0) is 31.4 Å². The van der Waals surface area contributed by atoms with Gasteiger partial charge in [0.25, 0.3) is 11.8 Å². The van der Waals surface area contributed by atoms with Crippen LogP contribution in [0.3, 0.4) is 0 Å². The number of imide groups is 1. The summed E-state index contributed by atoms with van der Waals surface area (Å²) in [5, 5.41) is 9.42. The number of benzene rings is 1. The number of methoxy groups -OCH3 is 1. The van der Waals surface area contributed by atoms with Gasteiger partial charge >= 0.3 is 6.03 Å². The largest absolute Gasteiger partial charge is 0.496 e. The van der Waals surface area contributed by atoms with Gasteiger partial charge in [-0.1, -0.05) is 30.1 Å². The first-order valence-corrected chi connectivity index (χ1v) is 10.1. The molecular formula is C21H24N4O5. The average Bonchev–Trinajstić information content (AvgIpc) is 3.48. The van der Waals surface area contributed by atoms with Crippen molar-refractivity contribution in [3.05, 3.63) is 36.0 Å². The van der Waals surface area contributed by atoms with Gasteiger partial charge in [-0.25, -0.2) is 4.79 Å². The van der Waals surface area contributed by atoms with E-state index < -0.39 is 5.54 Å². The van der Waals surface area contributed by atoms with Crippen molar-refractivity contribution in [2.75, 3.05) is 20.2 Å². The van der Waals surface area contributed by atoms with Gasteiger partial charge in [0, 0.05) is 19.2 Å². The summed E-state index contributed by atoms with van der Waals surface area (Å²) in [5.74, 6) is 0.520. The Morgan fingerprint density at radius 1 is 1.30 bits per heavy atom. The van der Waals surface area contributed by atoms with E-state index in [1.54, 1.807) is 19.2 Å². The number of rotatable bonds is 7. The Morgan fingerprint density at radius 3 is 2.83 bits per heavy atom. The highest BCUT2D eigenvalue weighted by Gasteiger charge is 2.51. The van der Waals surface area contributed by atoms with Crippen molar-refractivity contribution < 1.29 is 23.6 Å². The van der Waals surface area contributed by atoms with E-state index in [9.17, 15) is 14.4 Å². The quantitative estimate of drug-likeness (QED) is 0.533. The molecule has 4 amide bonds. The van der Waals surface area contributed by atoms with Crippen LogP contribution >= 0.6 is 0 Å². The van der Waals surface area contributed by atoms with E-state index in [-0.39, 0.29) is 30.1 Å². The van der Waals surface area contributed by atoms with Crippen molar-refractivity contribution in [2.45, 2.75) is 37.6 Å². The third-order valence-corrected chi connectivity index (χ3v) is 5.66. The smallest absolute Gasteiger partial charge is 0.325 e. The normalized spacial score (nSPS) is 17.4. The molecular weight excluding hydrogens is 388 g/mol. The van der Waals surface area contributed by atoms with E-state index >= 15 is 0 Å². The maximum Gasteiger partial charge on any atom is 0.325 e. The molecule has 9 heteroatoms. The molecule has 9 nitrogen and oxygen atoms in total. The fourth-order valence-corrected chi connectivity index (χ4v) is 4.08. The second-order valence-electron chi connectivity index (χ2n) is 7.56. The van der Waals surface area contributed by atoms with Crippen molar-refractivity contribution in [3.8, 4) is 17.1 Å². The summed E-state index contributed by atoms with van der Waals surface area (Å²) in [6, 6.07) is 8.50. The number of carbonyl (C=O) groups excluding carboxylic acids is 3. The summed E-state index contributed by atoms with van der Waals surface area (Å²) in [6.45, 7) is 0.567. The third kappa shape index (κ3) is 3.62. The van der Waals surface area contributed by atoms with Crippen molar-refractivity contribution in [2.24, 2.45) is 0 Å². The molecule has 158 valence electrons. The molecule has 0 bridgehead atoms. The Labute approximate surface area is 173 Å². The minimum atomic E-state index is -0.698. The van der Waals surface area contributed by atoms with Crippen LogP contribution in [0.1, 0.15) is 42.6 Å². The molecule has 1 aliphatic heterocycles. The number of ether oxygens (including phenoxy) is 1. The summed E-state index contributed by atoms with van der Waals surface area (Å²) < 4.78 is 10.6. The molecule has 2 fully saturated rings. The summed E-state index contributed by atoms with van der Waals surface area (Å²) in [7, 11) is 1.56. The zero-order valence-corrected chi connectivity index (χ0v) is 16.8. The summed E-state index contributed by atoms with van der Waals surface area (Å²) >= 11 is 0. The molecule has 4 rings (SSSR count). The molecule has 30 heavy (non-hydrogen) atoms. The first-order valence-electron chi connectivity index (χ1n) is 10.1. The van der Waals surface area contributed by atoms with Crippen LogP contribution in [-0.4, -0.2) is 53.6 Å². The van der Waals surface area contributed by atoms with Crippen LogP contribution in [0, 0.1) is 0 Å². The van der Waals surface area contributed by atoms with Crippen LogP contribution in [0.5, 0.6) is 5.75 Å². The Hall–Kier alpha value is -3.36. The highest BCUT2D eigenvalue weighted by Crippen LogP contribution is 2.35. The van der Waals surface area contributed by atoms with Gasteiger partial charge in [-0.3, -0.25) is 14.5 Å². The van der Waals surface area contributed by atoms with E-state index in [4.69, 9.17) is 9.26 Å². The summed E-state index contributed by atoms with van der Waals surface area (Å²) in [4.78, 5) is 38.4. The van der Waals surface area contributed by atoms with E-state index in [1.165, 1.54) is 4.90 Å². The predicted molar refractivity (Wildman–Crippen MR) is 107 cm³/mol. The van der Waals surface area contributed by atoms with Gasteiger partial charge in [0.1, 0.15) is 11.3 Å². The van der Waals surface area contributed by atoms with Crippen LogP contribution < -0.4 is 15.4 Å². The van der Waals surface area contributed by atoms with E-state index in [1.807, 2.05) is 18.2 Å². The summed E-state index contributed by atoms with van der Waals surface area (Å²) in [6.07, 6.45) is 3.75. The molecule has 1 spiro atoms. The second-order valence-corrected chi connectivity index (χ2v) is 7.56. The molecule has 1 saturated heterocycles. The third-order valence-electron chi connectivity index (χ3n) is 5.66. The molecule has 0 unspecified atom stereocenters. The van der Waals surface area contributed by atoms with Crippen LogP contribution in [0.15, 0.2) is 34.9 Å². The zero-order valence-electron chi connectivity index (χ0n) is 16.8. The number of aromatic nitrogens is 1. The zero-order chi connectivity index (χ0) is 21.1. The Balaban J connectivity index is 1.29. The average molecular weight is 412 g/mol. The van der Waals surface area contributed by atoms with E-state index in [0.29, 0.717) is 42.9 Å². The Morgan fingerprint density at radius 2 is 2.07 bits per heavy atom. The second kappa shape index (κ2) is 8.17. The number of nitrogens with zero attached hydrogens (tertiary/aromatic N) is 2. The minimum absolute atomic E-state index is 0.144. The monoisotopic (exact) mass is 412 g/mol. The molecule has 0 atom stereocenters. The fraction of sp³-hybridized carbons (Fsp3) is 0.429. The lowest BCUT2D eigenvalue weighted by Gasteiger charge is -2.20. The van der Waals surface area contributed by atoms with Crippen LogP contribution in [-0.2, 0) is 4.79 Å². The number of amides is 4. The molecule has 2 N–H and O–H groups in total. The number of hydrogen-bond acceptors (Lipinski definition) is 6. The van der Waals surface area contributed by atoms with Crippen molar-refractivity contribution >= 4 is 17.8 Å². The van der Waals surface area contributed by atoms with Gasteiger partial charge in [-0.2, -0.15) is 0 Å².